The summed E-state index contributed by atoms with van der Waals surface area (Å²) in [4.78, 5) is 2.42. The third-order valence-electron chi connectivity index (χ3n) is 4.30. The van der Waals surface area contributed by atoms with Gasteiger partial charge in [-0.3, -0.25) is 4.90 Å². The monoisotopic (exact) mass is 280 g/mol. The van der Waals surface area contributed by atoms with E-state index in [1.807, 2.05) is 12.1 Å². The lowest BCUT2D eigenvalue weighted by Gasteiger charge is -2.45. The van der Waals surface area contributed by atoms with Crippen molar-refractivity contribution in [2.24, 2.45) is 5.73 Å². The Bertz CT molecular complexity index is 423. The molecule has 0 saturated carbocycles. The highest BCUT2D eigenvalue weighted by atomic mass is 19.1. The summed E-state index contributed by atoms with van der Waals surface area (Å²) in [6.45, 7) is 7.51. The molecule has 1 aliphatic heterocycles. The molecule has 112 valence electrons. The molecule has 1 aliphatic rings. The summed E-state index contributed by atoms with van der Waals surface area (Å²) in [5.74, 6) is -0.194. The van der Waals surface area contributed by atoms with Gasteiger partial charge in [0, 0.05) is 25.2 Å². The molecule has 1 aromatic carbocycles. The predicted molar refractivity (Wildman–Crippen MR) is 79.2 cm³/mol. The Labute approximate surface area is 120 Å². The van der Waals surface area contributed by atoms with Gasteiger partial charge in [-0.2, -0.15) is 0 Å². The fraction of sp³-hybridized carbons (Fsp3) is 0.625. The standard InChI is InChI=1S/C16H25FN2O/c1-3-15-11-19(8-9-20-15)16(2,12-18)10-13-4-6-14(17)7-5-13/h4-7,15H,3,8-12,18H2,1-2H3. The van der Waals surface area contributed by atoms with Gasteiger partial charge in [0.2, 0.25) is 0 Å². The first-order valence-corrected chi connectivity index (χ1v) is 7.38. The zero-order chi connectivity index (χ0) is 14.6. The minimum Gasteiger partial charge on any atom is -0.376 e. The van der Waals surface area contributed by atoms with Crippen molar-refractivity contribution in [1.82, 2.24) is 4.90 Å². The summed E-state index contributed by atoms with van der Waals surface area (Å²) >= 11 is 0. The number of nitrogens with two attached hydrogens (primary N) is 1. The maximum Gasteiger partial charge on any atom is 0.123 e. The maximum absolute atomic E-state index is 13.0. The molecule has 1 fully saturated rings. The summed E-state index contributed by atoms with van der Waals surface area (Å²) < 4.78 is 18.7. The van der Waals surface area contributed by atoms with Crippen LogP contribution in [0, 0.1) is 5.82 Å². The SMILES string of the molecule is CCC1CN(C(C)(CN)Cc2ccc(F)cc2)CCO1. The molecule has 0 aliphatic carbocycles. The van der Waals surface area contributed by atoms with Crippen LogP contribution in [0.1, 0.15) is 25.8 Å². The minimum absolute atomic E-state index is 0.102. The van der Waals surface area contributed by atoms with Crippen molar-refractivity contribution >= 4 is 0 Å². The molecular weight excluding hydrogens is 255 g/mol. The lowest BCUT2D eigenvalue weighted by atomic mass is 9.90. The first kappa shape index (κ1) is 15.4. The second-order valence-corrected chi connectivity index (χ2v) is 5.85. The van der Waals surface area contributed by atoms with E-state index in [2.05, 4.69) is 18.7 Å². The van der Waals surface area contributed by atoms with E-state index >= 15 is 0 Å². The number of morpholine rings is 1. The van der Waals surface area contributed by atoms with Crippen molar-refractivity contribution in [3.63, 3.8) is 0 Å². The summed E-state index contributed by atoms with van der Waals surface area (Å²) in [5.41, 5.74) is 7.07. The van der Waals surface area contributed by atoms with Gasteiger partial charge in [0.25, 0.3) is 0 Å². The van der Waals surface area contributed by atoms with E-state index in [0.717, 1.165) is 38.1 Å². The van der Waals surface area contributed by atoms with Crippen LogP contribution in [0.4, 0.5) is 4.39 Å². The van der Waals surface area contributed by atoms with Crippen LogP contribution >= 0.6 is 0 Å². The van der Waals surface area contributed by atoms with E-state index in [4.69, 9.17) is 10.5 Å². The summed E-state index contributed by atoms with van der Waals surface area (Å²) in [7, 11) is 0. The molecule has 1 heterocycles. The highest BCUT2D eigenvalue weighted by Crippen LogP contribution is 2.23. The molecule has 2 unspecified atom stereocenters. The number of benzene rings is 1. The number of nitrogens with zero attached hydrogens (tertiary/aromatic N) is 1. The molecule has 2 N–H and O–H groups in total. The van der Waals surface area contributed by atoms with E-state index in [-0.39, 0.29) is 11.4 Å². The van der Waals surface area contributed by atoms with E-state index in [0.29, 0.717) is 12.6 Å². The largest absolute Gasteiger partial charge is 0.376 e. The van der Waals surface area contributed by atoms with Crippen LogP contribution in [0.15, 0.2) is 24.3 Å². The topological polar surface area (TPSA) is 38.5 Å². The van der Waals surface area contributed by atoms with Crippen molar-refractivity contribution in [2.45, 2.75) is 38.3 Å². The van der Waals surface area contributed by atoms with Crippen LogP contribution in [0.25, 0.3) is 0 Å². The lowest BCUT2D eigenvalue weighted by molar-refractivity contribution is -0.0648. The Morgan fingerprint density at radius 2 is 2.10 bits per heavy atom. The predicted octanol–water partition coefficient (Wildman–Crippen LogP) is 2.20. The summed E-state index contributed by atoms with van der Waals surface area (Å²) in [6, 6.07) is 6.73. The molecule has 0 bridgehead atoms. The van der Waals surface area contributed by atoms with Crippen LogP contribution in [0.5, 0.6) is 0 Å². The highest BCUT2D eigenvalue weighted by Gasteiger charge is 2.34. The van der Waals surface area contributed by atoms with E-state index in [1.54, 1.807) is 0 Å². The lowest BCUT2D eigenvalue weighted by Crippen LogP contribution is -2.58. The number of rotatable bonds is 5. The van der Waals surface area contributed by atoms with Crippen molar-refractivity contribution in [3.8, 4) is 0 Å². The first-order valence-electron chi connectivity index (χ1n) is 7.38. The molecule has 1 saturated heterocycles. The maximum atomic E-state index is 13.0. The van der Waals surface area contributed by atoms with Crippen LogP contribution < -0.4 is 5.73 Å². The van der Waals surface area contributed by atoms with Crippen LogP contribution in [0.2, 0.25) is 0 Å². The van der Waals surface area contributed by atoms with Gasteiger partial charge in [-0.05, 0) is 37.5 Å². The second-order valence-electron chi connectivity index (χ2n) is 5.85. The Kier molecular flexibility index (Phi) is 5.13. The van der Waals surface area contributed by atoms with Crippen LogP contribution in [-0.2, 0) is 11.2 Å². The minimum atomic E-state index is -0.194. The molecule has 2 atom stereocenters. The van der Waals surface area contributed by atoms with Gasteiger partial charge >= 0.3 is 0 Å². The van der Waals surface area contributed by atoms with Crippen LogP contribution in [0.3, 0.4) is 0 Å². The van der Waals surface area contributed by atoms with Crippen molar-refractivity contribution in [1.29, 1.82) is 0 Å². The van der Waals surface area contributed by atoms with E-state index < -0.39 is 0 Å². The molecule has 20 heavy (non-hydrogen) atoms. The van der Waals surface area contributed by atoms with Gasteiger partial charge in [0.15, 0.2) is 0 Å². The van der Waals surface area contributed by atoms with Crippen LogP contribution in [-0.4, -0.2) is 42.8 Å². The zero-order valence-electron chi connectivity index (χ0n) is 12.4. The average Bonchev–Trinajstić information content (AvgIpc) is 2.49. The van der Waals surface area contributed by atoms with Gasteiger partial charge < -0.3 is 10.5 Å². The first-order chi connectivity index (χ1) is 9.57. The van der Waals surface area contributed by atoms with Gasteiger partial charge in [0.05, 0.1) is 12.7 Å². The fourth-order valence-electron chi connectivity index (χ4n) is 2.81. The number of halogens is 1. The number of hydrogen-bond donors (Lipinski definition) is 1. The zero-order valence-corrected chi connectivity index (χ0v) is 12.4. The summed E-state index contributed by atoms with van der Waals surface area (Å²) in [6.07, 6.45) is 2.15. The van der Waals surface area contributed by atoms with Crippen molar-refractivity contribution < 1.29 is 9.13 Å². The normalized spacial score (nSPS) is 23.5. The Morgan fingerprint density at radius 3 is 2.70 bits per heavy atom. The fourth-order valence-corrected chi connectivity index (χ4v) is 2.81. The van der Waals surface area contributed by atoms with Crippen molar-refractivity contribution in [3.05, 3.63) is 35.6 Å². The number of hydrogen-bond acceptors (Lipinski definition) is 3. The van der Waals surface area contributed by atoms with Gasteiger partial charge in [-0.15, -0.1) is 0 Å². The van der Waals surface area contributed by atoms with Gasteiger partial charge in [-0.25, -0.2) is 4.39 Å². The number of ether oxygens (including phenoxy) is 1. The van der Waals surface area contributed by atoms with Crippen molar-refractivity contribution in [2.75, 3.05) is 26.2 Å². The Morgan fingerprint density at radius 1 is 1.40 bits per heavy atom. The molecular formula is C16H25FN2O. The Hall–Kier alpha value is -0.970. The second kappa shape index (κ2) is 6.66. The quantitative estimate of drug-likeness (QED) is 0.898. The molecule has 4 heteroatoms. The molecule has 0 aromatic heterocycles. The summed E-state index contributed by atoms with van der Waals surface area (Å²) in [5, 5.41) is 0. The average molecular weight is 280 g/mol. The Balaban J connectivity index is 2.09. The third kappa shape index (κ3) is 3.57. The molecule has 3 nitrogen and oxygen atoms in total. The smallest absolute Gasteiger partial charge is 0.123 e. The van der Waals surface area contributed by atoms with Gasteiger partial charge in [-0.1, -0.05) is 19.1 Å². The van der Waals surface area contributed by atoms with E-state index in [1.165, 1.54) is 12.1 Å². The molecule has 0 spiro atoms. The third-order valence-corrected chi connectivity index (χ3v) is 4.30. The molecule has 2 rings (SSSR count). The molecule has 0 radical (unpaired) electrons. The molecule has 0 amide bonds. The molecule has 1 aromatic rings. The van der Waals surface area contributed by atoms with E-state index in [9.17, 15) is 4.39 Å². The van der Waals surface area contributed by atoms with Gasteiger partial charge in [0.1, 0.15) is 5.82 Å². The highest BCUT2D eigenvalue weighted by molar-refractivity contribution is 5.19.